The van der Waals surface area contributed by atoms with Crippen molar-refractivity contribution in [1.29, 1.82) is 0 Å². The first-order valence-corrected chi connectivity index (χ1v) is 14.0. The van der Waals surface area contributed by atoms with E-state index in [0.717, 1.165) is 25.7 Å². The van der Waals surface area contributed by atoms with Gasteiger partial charge < -0.3 is 25.0 Å². The second-order valence-corrected chi connectivity index (χ2v) is 11.4. The lowest BCUT2D eigenvalue weighted by Crippen LogP contribution is -2.57. The van der Waals surface area contributed by atoms with Gasteiger partial charge in [0.05, 0.1) is 25.0 Å². The summed E-state index contributed by atoms with van der Waals surface area (Å²) in [7, 11) is 1.55. The molecule has 3 fully saturated rings. The number of ether oxygens (including phenoxy) is 2. The van der Waals surface area contributed by atoms with Gasteiger partial charge in [0.15, 0.2) is 0 Å². The molecule has 1 spiro atoms. The Balaban J connectivity index is 1.32. The fraction of sp³-hybridized carbons (Fsp3) is 0.452. The number of nitrogens with one attached hydrogen (secondary N) is 2. The Morgan fingerprint density at radius 3 is 2.65 bits per heavy atom. The smallest absolute Gasteiger partial charge is 0.246 e. The minimum absolute atomic E-state index is 0.00853. The van der Waals surface area contributed by atoms with E-state index in [9.17, 15) is 18.8 Å². The third kappa shape index (κ3) is 4.46. The molecule has 8 nitrogen and oxygen atoms in total. The fourth-order valence-electron chi connectivity index (χ4n) is 6.94. The molecule has 0 aromatic heterocycles. The summed E-state index contributed by atoms with van der Waals surface area (Å²) in [5.41, 5.74) is -0.0367. The number of amides is 3. The van der Waals surface area contributed by atoms with Crippen LogP contribution in [0.4, 0.5) is 10.1 Å². The molecule has 1 aliphatic carbocycles. The highest BCUT2D eigenvalue weighted by Gasteiger charge is 2.72. The molecule has 4 aliphatic rings. The molecule has 3 heterocycles. The van der Waals surface area contributed by atoms with Crippen LogP contribution in [-0.2, 0) is 25.7 Å². The molecule has 2 aromatic carbocycles. The van der Waals surface area contributed by atoms with Crippen LogP contribution in [0.15, 0.2) is 60.7 Å². The number of hydrogen-bond donors (Lipinski definition) is 2. The van der Waals surface area contributed by atoms with Gasteiger partial charge in [0.2, 0.25) is 17.7 Å². The highest BCUT2D eigenvalue weighted by Crippen LogP contribution is 2.55. The van der Waals surface area contributed by atoms with E-state index in [4.69, 9.17) is 9.47 Å². The van der Waals surface area contributed by atoms with Crippen LogP contribution in [0.25, 0.3) is 0 Å². The molecule has 0 radical (unpaired) electrons. The van der Waals surface area contributed by atoms with Crippen LogP contribution in [0.3, 0.4) is 0 Å². The van der Waals surface area contributed by atoms with Crippen molar-refractivity contribution >= 4 is 23.4 Å². The summed E-state index contributed by atoms with van der Waals surface area (Å²) >= 11 is 0. The highest BCUT2D eigenvalue weighted by molar-refractivity contribution is 6.02. The monoisotopic (exact) mass is 547 g/mol. The number of carbonyl (C=O) groups is 3. The number of halogens is 1. The zero-order valence-electron chi connectivity index (χ0n) is 22.6. The minimum atomic E-state index is -1.26. The number of hydrogen-bond acceptors (Lipinski definition) is 5. The Bertz CT molecular complexity index is 1350. The summed E-state index contributed by atoms with van der Waals surface area (Å²) < 4.78 is 25.3. The van der Waals surface area contributed by atoms with Crippen LogP contribution in [0, 0.1) is 23.6 Å². The highest BCUT2D eigenvalue weighted by atomic mass is 19.1. The zero-order chi connectivity index (χ0) is 28.0. The molecule has 2 aromatic rings. The first-order valence-electron chi connectivity index (χ1n) is 14.0. The molecular weight excluding hydrogens is 513 g/mol. The minimum Gasteiger partial charge on any atom is -0.497 e. The van der Waals surface area contributed by atoms with Gasteiger partial charge in [-0.15, -0.1) is 0 Å². The van der Waals surface area contributed by atoms with Gasteiger partial charge in [-0.2, -0.15) is 0 Å². The quantitative estimate of drug-likeness (QED) is 0.514. The number of fused-ring (bicyclic) bond motifs is 1. The second-order valence-electron chi connectivity index (χ2n) is 11.4. The summed E-state index contributed by atoms with van der Waals surface area (Å²) in [6.07, 6.45) is 7.06. The first-order chi connectivity index (χ1) is 19.3. The van der Waals surface area contributed by atoms with Crippen LogP contribution in [0.1, 0.15) is 38.2 Å². The van der Waals surface area contributed by atoms with E-state index in [-0.39, 0.29) is 36.1 Å². The average Bonchev–Trinajstić information content (AvgIpc) is 3.59. The van der Waals surface area contributed by atoms with Crippen LogP contribution in [0.5, 0.6) is 5.75 Å². The number of methoxy groups -OCH3 is 1. The van der Waals surface area contributed by atoms with Crippen molar-refractivity contribution in [2.24, 2.45) is 17.8 Å². The van der Waals surface area contributed by atoms with Gasteiger partial charge in [0.25, 0.3) is 0 Å². The van der Waals surface area contributed by atoms with Gasteiger partial charge in [-0.1, -0.05) is 50.1 Å². The molecule has 5 unspecified atom stereocenters. The van der Waals surface area contributed by atoms with E-state index in [0.29, 0.717) is 22.9 Å². The molecule has 6 rings (SSSR count). The Kier molecular flexibility index (Phi) is 6.86. The molecule has 2 bridgehead atoms. The van der Waals surface area contributed by atoms with Gasteiger partial charge >= 0.3 is 0 Å². The van der Waals surface area contributed by atoms with Crippen molar-refractivity contribution in [2.75, 3.05) is 12.4 Å². The Hall–Kier alpha value is -3.72. The van der Waals surface area contributed by atoms with Crippen molar-refractivity contribution in [3.63, 3.8) is 0 Å². The SMILES string of the molecule is COc1cccc(NC(=O)C2[C@@H]3C=CC4(O3)C(C(=O)NC3CCCCC3C)N(Cc3ccc(F)cc3)C(=O)[C@H]24)c1. The van der Waals surface area contributed by atoms with Gasteiger partial charge in [0, 0.05) is 24.3 Å². The van der Waals surface area contributed by atoms with Gasteiger partial charge in [-0.05, 0) is 48.6 Å². The second kappa shape index (κ2) is 10.4. The number of carbonyl (C=O) groups excluding carboxylic acids is 3. The van der Waals surface area contributed by atoms with E-state index in [2.05, 4.69) is 17.6 Å². The van der Waals surface area contributed by atoms with Crippen molar-refractivity contribution in [3.8, 4) is 5.75 Å². The van der Waals surface area contributed by atoms with E-state index in [1.54, 1.807) is 55.7 Å². The molecule has 1 saturated carbocycles. The third-order valence-electron chi connectivity index (χ3n) is 8.97. The van der Waals surface area contributed by atoms with Crippen molar-refractivity contribution in [2.45, 2.75) is 62.9 Å². The van der Waals surface area contributed by atoms with Gasteiger partial charge in [-0.25, -0.2) is 4.39 Å². The predicted octanol–water partition coefficient (Wildman–Crippen LogP) is 3.82. The van der Waals surface area contributed by atoms with Gasteiger partial charge in [-0.3, -0.25) is 14.4 Å². The maximum Gasteiger partial charge on any atom is 0.246 e. The maximum absolute atomic E-state index is 14.1. The molecule has 210 valence electrons. The average molecular weight is 548 g/mol. The summed E-state index contributed by atoms with van der Waals surface area (Å²) in [6, 6.07) is 11.9. The van der Waals surface area contributed by atoms with Crippen LogP contribution < -0.4 is 15.4 Å². The van der Waals surface area contributed by atoms with E-state index < -0.39 is 29.6 Å². The molecule has 40 heavy (non-hydrogen) atoms. The van der Waals surface area contributed by atoms with Crippen molar-refractivity contribution < 1.29 is 28.2 Å². The summed E-state index contributed by atoms with van der Waals surface area (Å²) in [4.78, 5) is 43.3. The Labute approximate surface area is 232 Å². The normalized spacial score (nSPS) is 32.2. The molecule has 9 heteroatoms. The lowest BCUT2D eigenvalue weighted by molar-refractivity contribution is -0.142. The summed E-state index contributed by atoms with van der Waals surface area (Å²) in [5.74, 6) is -2.10. The van der Waals surface area contributed by atoms with Crippen LogP contribution in [-0.4, -0.2) is 53.5 Å². The first kappa shape index (κ1) is 26.5. The van der Waals surface area contributed by atoms with Gasteiger partial charge in [0.1, 0.15) is 23.2 Å². The lowest BCUT2D eigenvalue weighted by Gasteiger charge is -2.36. The Morgan fingerprint density at radius 2 is 1.90 bits per heavy atom. The predicted molar refractivity (Wildman–Crippen MR) is 146 cm³/mol. The molecular formula is C31H34FN3O5. The van der Waals surface area contributed by atoms with E-state index in [1.807, 2.05) is 0 Å². The fourth-order valence-corrected chi connectivity index (χ4v) is 6.94. The molecule has 3 amide bonds. The lowest BCUT2D eigenvalue weighted by atomic mass is 9.74. The zero-order valence-corrected chi connectivity index (χ0v) is 22.6. The van der Waals surface area contributed by atoms with Crippen molar-refractivity contribution in [3.05, 3.63) is 72.1 Å². The standard InChI is InChI=1S/C31H34FN3O5/c1-18-6-3-4-9-23(18)34-29(37)27-31-15-14-24(40-31)25(28(36)33-21-7-5-8-22(16-21)39-2)26(31)30(38)35(27)17-19-10-12-20(32)13-11-19/h5,7-8,10-16,18,23-27H,3-4,6,9,17H2,1-2H3,(H,33,36)(H,34,37)/t18?,23?,24-,25?,26-,27?,31?/m0/s1. The largest absolute Gasteiger partial charge is 0.497 e. The van der Waals surface area contributed by atoms with Crippen LogP contribution in [0.2, 0.25) is 0 Å². The molecule has 7 atom stereocenters. The number of rotatable bonds is 7. The number of likely N-dealkylation sites (tertiary alicyclic amines) is 1. The van der Waals surface area contributed by atoms with E-state index in [1.165, 1.54) is 17.0 Å². The molecule has 3 aliphatic heterocycles. The topological polar surface area (TPSA) is 97.0 Å². The number of anilines is 1. The summed E-state index contributed by atoms with van der Waals surface area (Å²) in [5, 5.41) is 6.14. The van der Waals surface area contributed by atoms with Crippen molar-refractivity contribution in [1.82, 2.24) is 10.2 Å². The molecule has 2 saturated heterocycles. The molecule has 2 N–H and O–H groups in total. The maximum atomic E-state index is 14.1. The number of benzene rings is 2. The van der Waals surface area contributed by atoms with E-state index >= 15 is 0 Å². The Morgan fingerprint density at radius 1 is 1.12 bits per heavy atom. The number of nitrogens with zero attached hydrogens (tertiary/aromatic N) is 1. The summed E-state index contributed by atoms with van der Waals surface area (Å²) in [6.45, 7) is 2.24. The van der Waals surface area contributed by atoms with Crippen LogP contribution >= 0.6 is 0 Å². The third-order valence-corrected chi connectivity index (χ3v) is 8.97.